The van der Waals surface area contributed by atoms with Crippen molar-refractivity contribution in [3.63, 3.8) is 0 Å². The molecular formula is C27H26F3N5O4. The minimum absolute atomic E-state index is 0.0238. The number of fused-ring (bicyclic) bond motifs is 2. The van der Waals surface area contributed by atoms with E-state index in [9.17, 15) is 18.0 Å². The van der Waals surface area contributed by atoms with E-state index in [0.717, 1.165) is 37.2 Å². The number of ether oxygens (including phenoxy) is 3. The molecule has 1 aromatic heterocycles. The van der Waals surface area contributed by atoms with Crippen LogP contribution in [0.25, 0.3) is 0 Å². The summed E-state index contributed by atoms with van der Waals surface area (Å²) >= 11 is 0. The predicted molar refractivity (Wildman–Crippen MR) is 136 cm³/mol. The highest BCUT2D eigenvalue weighted by Gasteiger charge is 2.57. The first-order valence-corrected chi connectivity index (χ1v) is 12.5. The number of halogens is 3. The molecule has 2 aromatic carbocycles. The largest absolute Gasteiger partial charge is 0.494 e. The molecule has 0 bridgehead atoms. The number of carbonyl (C=O) groups is 1. The Morgan fingerprint density at radius 3 is 2.56 bits per heavy atom. The topological polar surface area (TPSA) is 89.1 Å². The first kappa shape index (κ1) is 25.2. The third-order valence-corrected chi connectivity index (χ3v) is 7.49. The second-order valence-electron chi connectivity index (χ2n) is 9.70. The standard InChI is InChI=1S/C27H26F3N5O4/c1-34-24(36)22-17(26(34)8-9-26)4-3-5-20(22)39-23-18(27(28,29)30)15-31-25(33-23)32-19-7-6-16(14-21(19)37-2)35-10-12-38-13-11-35/h3-7,14-15H,8-13H2,1-2H3,(H,31,32,33). The summed E-state index contributed by atoms with van der Waals surface area (Å²) in [5, 5.41) is 2.94. The summed E-state index contributed by atoms with van der Waals surface area (Å²) in [5.41, 5.74) is 0.867. The van der Waals surface area contributed by atoms with Gasteiger partial charge in [0.15, 0.2) is 0 Å². The quantitative estimate of drug-likeness (QED) is 0.469. The van der Waals surface area contributed by atoms with Crippen molar-refractivity contribution in [3.05, 3.63) is 59.3 Å². The van der Waals surface area contributed by atoms with Crippen LogP contribution in [0.4, 0.5) is 30.5 Å². The SMILES string of the molecule is COc1cc(N2CCOCC2)ccc1Nc1ncc(C(F)(F)F)c(Oc2cccc3c2C(=O)N(C)C32CC2)n1. The Labute approximate surface area is 222 Å². The number of hydrogen-bond acceptors (Lipinski definition) is 8. The van der Waals surface area contributed by atoms with Crippen LogP contribution in [0.15, 0.2) is 42.6 Å². The molecule has 2 fully saturated rings. The van der Waals surface area contributed by atoms with Crippen LogP contribution in [0.2, 0.25) is 0 Å². The maximum atomic E-state index is 13.9. The number of alkyl halides is 3. The lowest BCUT2D eigenvalue weighted by Crippen LogP contribution is -2.36. The monoisotopic (exact) mass is 541 g/mol. The van der Waals surface area contributed by atoms with Crippen LogP contribution in [-0.2, 0) is 16.5 Å². The second kappa shape index (κ2) is 9.30. The molecule has 3 aliphatic rings. The minimum atomic E-state index is -4.78. The van der Waals surface area contributed by atoms with Gasteiger partial charge < -0.3 is 29.3 Å². The van der Waals surface area contributed by atoms with Crippen LogP contribution < -0.4 is 19.7 Å². The van der Waals surface area contributed by atoms with Gasteiger partial charge in [-0.3, -0.25) is 4.79 Å². The highest BCUT2D eigenvalue weighted by Crippen LogP contribution is 2.57. The van der Waals surface area contributed by atoms with Crippen molar-refractivity contribution in [3.8, 4) is 17.4 Å². The van der Waals surface area contributed by atoms with Gasteiger partial charge in [-0.1, -0.05) is 12.1 Å². The smallest absolute Gasteiger partial charge is 0.423 e. The maximum Gasteiger partial charge on any atom is 0.423 e. The molecule has 0 radical (unpaired) electrons. The first-order valence-electron chi connectivity index (χ1n) is 12.5. The lowest BCUT2D eigenvalue weighted by Gasteiger charge is -2.29. The Balaban J connectivity index is 1.33. The van der Waals surface area contributed by atoms with Crippen molar-refractivity contribution in [1.82, 2.24) is 14.9 Å². The summed E-state index contributed by atoms with van der Waals surface area (Å²) in [4.78, 5) is 24.8. The van der Waals surface area contributed by atoms with E-state index in [-0.39, 0.29) is 23.2 Å². The van der Waals surface area contributed by atoms with E-state index in [4.69, 9.17) is 14.2 Å². The second-order valence-corrected chi connectivity index (χ2v) is 9.70. The number of nitrogens with zero attached hydrogens (tertiary/aromatic N) is 4. The van der Waals surface area contributed by atoms with E-state index in [0.29, 0.717) is 30.8 Å². The van der Waals surface area contributed by atoms with E-state index in [1.807, 2.05) is 18.2 Å². The molecule has 9 nitrogen and oxygen atoms in total. The molecule has 39 heavy (non-hydrogen) atoms. The number of amides is 1. The van der Waals surface area contributed by atoms with Gasteiger partial charge in [-0.15, -0.1) is 0 Å². The van der Waals surface area contributed by atoms with Crippen LogP contribution in [0.1, 0.15) is 34.3 Å². The van der Waals surface area contributed by atoms with Crippen molar-refractivity contribution in [2.75, 3.05) is 50.7 Å². The molecule has 1 saturated carbocycles. The Morgan fingerprint density at radius 1 is 1.10 bits per heavy atom. The van der Waals surface area contributed by atoms with Gasteiger partial charge in [0, 0.05) is 38.1 Å². The zero-order valence-electron chi connectivity index (χ0n) is 21.3. The van der Waals surface area contributed by atoms with Gasteiger partial charge in [0.05, 0.1) is 37.1 Å². The molecule has 1 spiro atoms. The number of morpholine rings is 1. The average Bonchev–Trinajstić information content (AvgIpc) is 3.71. The Bertz CT molecular complexity index is 1440. The molecule has 204 valence electrons. The fourth-order valence-corrected chi connectivity index (χ4v) is 5.22. The van der Waals surface area contributed by atoms with Crippen LogP contribution in [0, 0.1) is 0 Å². The Hall–Kier alpha value is -4.06. The third-order valence-electron chi connectivity index (χ3n) is 7.49. The van der Waals surface area contributed by atoms with E-state index in [2.05, 4.69) is 20.2 Å². The molecule has 0 unspecified atom stereocenters. The zero-order chi connectivity index (χ0) is 27.4. The van der Waals surface area contributed by atoms with Gasteiger partial charge in [-0.2, -0.15) is 18.2 Å². The van der Waals surface area contributed by atoms with Crippen molar-refractivity contribution < 1.29 is 32.2 Å². The summed E-state index contributed by atoms with van der Waals surface area (Å²) < 4.78 is 58.4. The minimum Gasteiger partial charge on any atom is -0.494 e. The van der Waals surface area contributed by atoms with Crippen LogP contribution in [0.5, 0.6) is 17.4 Å². The van der Waals surface area contributed by atoms with Crippen molar-refractivity contribution >= 4 is 23.2 Å². The number of benzene rings is 2. The molecule has 0 atom stereocenters. The molecule has 6 rings (SSSR count). The number of methoxy groups -OCH3 is 1. The van der Waals surface area contributed by atoms with E-state index >= 15 is 0 Å². The summed E-state index contributed by atoms with van der Waals surface area (Å²) in [7, 11) is 3.20. The fraction of sp³-hybridized carbons (Fsp3) is 0.370. The molecule has 2 aliphatic heterocycles. The van der Waals surface area contributed by atoms with Crippen LogP contribution in [0.3, 0.4) is 0 Å². The van der Waals surface area contributed by atoms with Crippen molar-refractivity contribution in [2.45, 2.75) is 24.6 Å². The van der Waals surface area contributed by atoms with Crippen LogP contribution >= 0.6 is 0 Å². The van der Waals surface area contributed by atoms with Gasteiger partial charge in [-0.25, -0.2) is 4.98 Å². The number of hydrogen-bond donors (Lipinski definition) is 1. The molecule has 3 heterocycles. The summed E-state index contributed by atoms with van der Waals surface area (Å²) in [5.74, 6) is -0.622. The van der Waals surface area contributed by atoms with Gasteiger partial charge in [0.2, 0.25) is 11.8 Å². The van der Waals surface area contributed by atoms with E-state index in [1.54, 1.807) is 24.1 Å². The van der Waals surface area contributed by atoms with Crippen molar-refractivity contribution in [1.29, 1.82) is 0 Å². The van der Waals surface area contributed by atoms with Gasteiger partial charge in [0.25, 0.3) is 5.91 Å². The molecule has 12 heteroatoms. The first-order chi connectivity index (χ1) is 18.7. The molecule has 1 amide bonds. The summed E-state index contributed by atoms with van der Waals surface area (Å²) in [6, 6.07) is 10.4. The van der Waals surface area contributed by atoms with Crippen molar-refractivity contribution in [2.24, 2.45) is 0 Å². The van der Waals surface area contributed by atoms with Crippen LogP contribution in [-0.4, -0.2) is 61.2 Å². The maximum absolute atomic E-state index is 13.9. The number of aromatic nitrogens is 2. The normalized spacial score (nSPS) is 17.8. The van der Waals surface area contributed by atoms with E-state index < -0.39 is 23.2 Å². The van der Waals surface area contributed by atoms with Gasteiger partial charge in [0.1, 0.15) is 17.1 Å². The van der Waals surface area contributed by atoms with Gasteiger partial charge >= 0.3 is 6.18 Å². The van der Waals surface area contributed by atoms with Gasteiger partial charge in [-0.05, 0) is 36.6 Å². The lowest BCUT2D eigenvalue weighted by molar-refractivity contribution is -0.139. The molecule has 1 aliphatic carbocycles. The summed E-state index contributed by atoms with van der Waals surface area (Å²) in [6.45, 7) is 2.72. The molecule has 1 N–H and O–H groups in total. The Kier molecular flexibility index (Phi) is 6.01. The highest BCUT2D eigenvalue weighted by atomic mass is 19.4. The number of rotatable bonds is 6. The predicted octanol–water partition coefficient (Wildman–Crippen LogP) is 4.95. The molecular weight excluding hydrogens is 515 g/mol. The fourth-order valence-electron chi connectivity index (χ4n) is 5.22. The third kappa shape index (κ3) is 4.38. The molecule has 1 saturated heterocycles. The summed E-state index contributed by atoms with van der Waals surface area (Å²) in [6.07, 6.45) is -2.51. The number of carbonyl (C=O) groups excluding carboxylic acids is 1. The average molecular weight is 542 g/mol. The highest BCUT2D eigenvalue weighted by molar-refractivity contribution is 6.03. The zero-order valence-corrected chi connectivity index (χ0v) is 21.3. The lowest BCUT2D eigenvalue weighted by atomic mass is 10.0. The number of nitrogens with one attached hydrogen (secondary N) is 1. The van der Waals surface area contributed by atoms with E-state index in [1.165, 1.54) is 13.2 Å². The Morgan fingerprint density at radius 2 is 1.87 bits per heavy atom. The molecule has 3 aromatic rings. The number of anilines is 3.